The van der Waals surface area contributed by atoms with Gasteiger partial charge in [0.25, 0.3) is 0 Å². The highest BCUT2D eigenvalue weighted by Gasteiger charge is 2.25. The van der Waals surface area contributed by atoms with Crippen molar-refractivity contribution in [2.24, 2.45) is 0 Å². The van der Waals surface area contributed by atoms with E-state index >= 15 is 0 Å². The van der Waals surface area contributed by atoms with Gasteiger partial charge in [-0.25, -0.2) is 0 Å². The quantitative estimate of drug-likeness (QED) is 0.769. The molecule has 1 atom stereocenters. The third kappa shape index (κ3) is 2.62. The Balaban J connectivity index is 2.37. The molecule has 0 saturated heterocycles. The van der Waals surface area contributed by atoms with Crippen LogP contribution in [0, 0.1) is 0 Å². The fraction of sp³-hybridized carbons (Fsp3) is 0.400. The molecule has 3 heteroatoms. The van der Waals surface area contributed by atoms with E-state index in [1.165, 1.54) is 0 Å². The van der Waals surface area contributed by atoms with Crippen LogP contribution in [0.5, 0.6) is 5.75 Å². The van der Waals surface area contributed by atoms with E-state index in [4.69, 9.17) is 9.47 Å². The summed E-state index contributed by atoms with van der Waals surface area (Å²) < 4.78 is 10.7. The Labute approximate surface area is 107 Å². The van der Waals surface area contributed by atoms with Gasteiger partial charge in [0.05, 0.1) is 13.2 Å². The van der Waals surface area contributed by atoms with Crippen LogP contribution in [0.15, 0.2) is 29.8 Å². The number of methoxy groups -OCH3 is 2. The van der Waals surface area contributed by atoms with Gasteiger partial charge in [0.1, 0.15) is 5.75 Å². The number of rotatable bonds is 3. The minimum Gasteiger partial charge on any atom is -0.496 e. The molecule has 1 aliphatic rings. The van der Waals surface area contributed by atoms with Crippen LogP contribution in [-0.4, -0.2) is 26.1 Å². The van der Waals surface area contributed by atoms with Crippen molar-refractivity contribution in [2.45, 2.75) is 25.4 Å². The molecule has 0 bridgehead atoms. The normalized spacial score (nSPS) is 22.2. The summed E-state index contributed by atoms with van der Waals surface area (Å²) in [7, 11) is 3.28. The lowest BCUT2D eigenvalue weighted by Crippen LogP contribution is -2.25. The second-order valence-electron chi connectivity index (χ2n) is 4.38. The van der Waals surface area contributed by atoms with Crippen LogP contribution < -0.4 is 4.74 Å². The van der Waals surface area contributed by atoms with E-state index < -0.39 is 0 Å². The number of para-hydroxylation sites is 1. The number of ketones is 1. The first-order valence-electron chi connectivity index (χ1n) is 6.17. The summed E-state index contributed by atoms with van der Waals surface area (Å²) in [5.41, 5.74) is 1.68. The lowest BCUT2D eigenvalue weighted by atomic mass is 9.89. The summed E-state index contributed by atoms with van der Waals surface area (Å²) in [5.74, 6) is 0.956. The van der Waals surface area contributed by atoms with Crippen LogP contribution >= 0.6 is 0 Å². The van der Waals surface area contributed by atoms with Crippen molar-refractivity contribution in [3.63, 3.8) is 0 Å². The van der Waals surface area contributed by atoms with Gasteiger partial charge in [0, 0.05) is 24.7 Å². The highest BCUT2D eigenvalue weighted by atomic mass is 16.5. The van der Waals surface area contributed by atoms with Crippen LogP contribution in [-0.2, 0) is 9.53 Å². The molecule has 0 amide bonds. The van der Waals surface area contributed by atoms with Crippen LogP contribution in [0.2, 0.25) is 0 Å². The van der Waals surface area contributed by atoms with E-state index in [1.807, 2.05) is 30.3 Å². The Morgan fingerprint density at radius 1 is 1.28 bits per heavy atom. The van der Waals surface area contributed by atoms with Crippen molar-refractivity contribution in [1.82, 2.24) is 0 Å². The summed E-state index contributed by atoms with van der Waals surface area (Å²) in [6.07, 6.45) is 4.23. The largest absolute Gasteiger partial charge is 0.496 e. The molecule has 3 nitrogen and oxygen atoms in total. The molecule has 0 aliphatic heterocycles. The third-order valence-corrected chi connectivity index (χ3v) is 3.27. The predicted octanol–water partition coefficient (Wildman–Crippen LogP) is 2.85. The summed E-state index contributed by atoms with van der Waals surface area (Å²) in [4.78, 5) is 12.0. The first-order valence-corrected chi connectivity index (χ1v) is 6.17. The second-order valence-corrected chi connectivity index (χ2v) is 4.38. The molecule has 0 N–H and O–H groups in total. The monoisotopic (exact) mass is 246 g/mol. The molecular weight excluding hydrogens is 228 g/mol. The number of hydrogen-bond donors (Lipinski definition) is 0. The standard InChI is InChI=1S/C15H18O3/c1-17-14-8-4-3-6-11(14)10-12-13(16)7-5-9-15(12)18-2/h3-4,6,8,10,15H,5,7,9H2,1-2H3/b12-10+. The van der Waals surface area contributed by atoms with Gasteiger partial charge >= 0.3 is 0 Å². The van der Waals surface area contributed by atoms with Crippen molar-refractivity contribution < 1.29 is 14.3 Å². The molecular formula is C15H18O3. The molecule has 1 aromatic rings. The Morgan fingerprint density at radius 3 is 2.78 bits per heavy atom. The van der Waals surface area contributed by atoms with Gasteiger partial charge in [0.15, 0.2) is 5.78 Å². The molecule has 1 saturated carbocycles. The highest BCUT2D eigenvalue weighted by molar-refractivity contribution is 6.01. The molecule has 1 unspecified atom stereocenters. The lowest BCUT2D eigenvalue weighted by Gasteiger charge is -2.23. The first kappa shape index (κ1) is 12.8. The number of hydrogen-bond acceptors (Lipinski definition) is 3. The summed E-state index contributed by atoms with van der Waals surface area (Å²) in [6.45, 7) is 0. The summed E-state index contributed by atoms with van der Waals surface area (Å²) in [5, 5.41) is 0. The molecule has 0 spiro atoms. The fourth-order valence-electron chi connectivity index (χ4n) is 2.30. The van der Waals surface area contributed by atoms with E-state index in [1.54, 1.807) is 14.2 Å². The maximum absolute atomic E-state index is 12.0. The van der Waals surface area contributed by atoms with Crippen LogP contribution in [0.25, 0.3) is 6.08 Å². The van der Waals surface area contributed by atoms with Gasteiger partial charge in [-0.3, -0.25) is 4.79 Å². The maximum Gasteiger partial charge on any atom is 0.161 e. The number of Topliss-reactive ketones (excluding diaryl/α,β-unsaturated/α-hetero) is 1. The number of benzene rings is 1. The zero-order valence-electron chi connectivity index (χ0n) is 10.8. The Bertz CT molecular complexity index is 463. The number of carbonyl (C=O) groups is 1. The summed E-state index contributed by atoms with van der Waals surface area (Å²) >= 11 is 0. The zero-order chi connectivity index (χ0) is 13.0. The topological polar surface area (TPSA) is 35.5 Å². The van der Waals surface area contributed by atoms with Gasteiger partial charge in [-0.1, -0.05) is 18.2 Å². The molecule has 96 valence electrons. The van der Waals surface area contributed by atoms with Crippen molar-refractivity contribution in [2.75, 3.05) is 14.2 Å². The number of carbonyl (C=O) groups excluding carboxylic acids is 1. The minimum absolute atomic E-state index is 0.0869. The summed E-state index contributed by atoms with van der Waals surface area (Å²) in [6, 6.07) is 7.68. The fourth-order valence-corrected chi connectivity index (χ4v) is 2.30. The Morgan fingerprint density at radius 2 is 2.06 bits per heavy atom. The van der Waals surface area contributed by atoms with Gasteiger partial charge in [-0.05, 0) is 25.0 Å². The van der Waals surface area contributed by atoms with Crippen molar-refractivity contribution in [1.29, 1.82) is 0 Å². The van der Waals surface area contributed by atoms with E-state index in [9.17, 15) is 4.79 Å². The van der Waals surface area contributed by atoms with Crippen LogP contribution in [0.3, 0.4) is 0 Å². The highest BCUT2D eigenvalue weighted by Crippen LogP contribution is 2.28. The van der Waals surface area contributed by atoms with Gasteiger partial charge < -0.3 is 9.47 Å². The number of ether oxygens (including phenoxy) is 2. The van der Waals surface area contributed by atoms with Crippen LogP contribution in [0.1, 0.15) is 24.8 Å². The average Bonchev–Trinajstić information content (AvgIpc) is 2.41. The SMILES string of the molecule is COc1ccccc1/C=C1\C(=O)CCCC1OC. The Hall–Kier alpha value is -1.61. The Kier molecular flexibility index (Phi) is 4.15. The third-order valence-electron chi connectivity index (χ3n) is 3.27. The molecule has 0 radical (unpaired) electrons. The maximum atomic E-state index is 12.0. The van der Waals surface area contributed by atoms with Crippen molar-refractivity contribution >= 4 is 11.9 Å². The molecule has 0 aromatic heterocycles. The average molecular weight is 246 g/mol. The van der Waals surface area contributed by atoms with Crippen molar-refractivity contribution in [3.8, 4) is 5.75 Å². The predicted molar refractivity (Wildman–Crippen MR) is 70.6 cm³/mol. The van der Waals surface area contributed by atoms with Gasteiger partial charge in [-0.15, -0.1) is 0 Å². The second kappa shape index (κ2) is 5.83. The van der Waals surface area contributed by atoms with E-state index in [0.717, 1.165) is 29.7 Å². The lowest BCUT2D eigenvalue weighted by molar-refractivity contribution is -0.118. The van der Waals surface area contributed by atoms with E-state index in [2.05, 4.69) is 0 Å². The van der Waals surface area contributed by atoms with Gasteiger partial charge in [-0.2, -0.15) is 0 Å². The van der Waals surface area contributed by atoms with E-state index in [0.29, 0.717) is 6.42 Å². The van der Waals surface area contributed by atoms with Crippen molar-refractivity contribution in [3.05, 3.63) is 35.4 Å². The molecule has 1 aliphatic carbocycles. The molecule has 1 aromatic carbocycles. The molecule has 0 heterocycles. The smallest absolute Gasteiger partial charge is 0.161 e. The molecule has 2 rings (SSSR count). The molecule has 18 heavy (non-hydrogen) atoms. The molecule has 1 fully saturated rings. The van der Waals surface area contributed by atoms with Crippen LogP contribution in [0.4, 0.5) is 0 Å². The zero-order valence-corrected chi connectivity index (χ0v) is 10.8. The van der Waals surface area contributed by atoms with E-state index in [-0.39, 0.29) is 11.9 Å². The minimum atomic E-state index is -0.0869. The van der Waals surface area contributed by atoms with Gasteiger partial charge in [0.2, 0.25) is 0 Å². The first-order chi connectivity index (χ1) is 8.76.